The first-order valence-electron chi connectivity index (χ1n) is 8.24. The minimum atomic E-state index is -3.83. The van der Waals surface area contributed by atoms with Crippen LogP contribution in [0.1, 0.15) is 5.56 Å². The summed E-state index contributed by atoms with van der Waals surface area (Å²) in [6, 6.07) is 17.7. The van der Waals surface area contributed by atoms with Gasteiger partial charge >= 0.3 is 0 Å². The van der Waals surface area contributed by atoms with Crippen molar-refractivity contribution >= 4 is 38.9 Å². The highest BCUT2D eigenvalue weighted by Gasteiger charge is 2.14. The van der Waals surface area contributed by atoms with E-state index in [0.717, 1.165) is 17.7 Å². The Morgan fingerprint density at radius 1 is 0.857 bits per heavy atom. The van der Waals surface area contributed by atoms with Crippen LogP contribution in [0, 0.1) is 5.82 Å². The van der Waals surface area contributed by atoms with Crippen LogP contribution in [0.15, 0.2) is 77.7 Å². The minimum absolute atomic E-state index is 0.0470. The molecule has 0 atom stereocenters. The average Bonchev–Trinajstić information content (AvgIpc) is 2.65. The maximum atomic E-state index is 13.0. The van der Waals surface area contributed by atoms with E-state index in [9.17, 15) is 17.6 Å². The fourth-order valence-electron chi connectivity index (χ4n) is 2.44. The van der Waals surface area contributed by atoms with Crippen LogP contribution in [0.25, 0.3) is 0 Å². The molecule has 0 saturated heterocycles. The Morgan fingerprint density at radius 3 is 2.04 bits per heavy atom. The highest BCUT2D eigenvalue weighted by molar-refractivity contribution is 7.92. The molecule has 0 aliphatic rings. The molecule has 0 bridgehead atoms. The van der Waals surface area contributed by atoms with Crippen molar-refractivity contribution in [2.45, 2.75) is 11.3 Å². The van der Waals surface area contributed by atoms with E-state index in [4.69, 9.17) is 11.6 Å². The standard InChI is InChI=1S/C20H16ClFN2O3S/c21-15-3-1-14(2-4-15)13-20(25)23-17-7-9-18(10-8-17)24-28(26,27)19-11-5-16(22)6-12-19/h1-12,24H,13H2,(H,23,25). The lowest BCUT2D eigenvalue weighted by Crippen LogP contribution is -2.15. The van der Waals surface area contributed by atoms with E-state index in [2.05, 4.69) is 10.0 Å². The summed E-state index contributed by atoms with van der Waals surface area (Å²) in [5, 5.41) is 3.34. The van der Waals surface area contributed by atoms with Crippen LogP contribution in [0.5, 0.6) is 0 Å². The normalized spacial score (nSPS) is 11.1. The molecule has 0 unspecified atom stereocenters. The highest BCUT2D eigenvalue weighted by atomic mass is 35.5. The predicted molar refractivity (Wildman–Crippen MR) is 107 cm³/mol. The van der Waals surface area contributed by atoms with Gasteiger partial charge in [0.25, 0.3) is 10.0 Å². The first-order valence-corrected chi connectivity index (χ1v) is 10.1. The zero-order chi connectivity index (χ0) is 20.1. The summed E-state index contributed by atoms with van der Waals surface area (Å²) in [4.78, 5) is 12.1. The SMILES string of the molecule is O=C(Cc1ccc(Cl)cc1)Nc1ccc(NS(=O)(=O)c2ccc(F)cc2)cc1. The molecule has 144 valence electrons. The molecule has 1 amide bonds. The fraction of sp³-hybridized carbons (Fsp3) is 0.0500. The van der Waals surface area contributed by atoms with Crippen LogP contribution in [-0.2, 0) is 21.2 Å². The van der Waals surface area contributed by atoms with Gasteiger partial charge in [-0.3, -0.25) is 9.52 Å². The summed E-state index contributed by atoms with van der Waals surface area (Å²) in [6.45, 7) is 0. The lowest BCUT2D eigenvalue weighted by molar-refractivity contribution is -0.115. The van der Waals surface area contributed by atoms with Crippen LogP contribution in [-0.4, -0.2) is 14.3 Å². The Kier molecular flexibility index (Phi) is 5.96. The number of halogens is 2. The van der Waals surface area contributed by atoms with Gasteiger partial charge in [-0.1, -0.05) is 23.7 Å². The van der Waals surface area contributed by atoms with Crippen LogP contribution in [0.2, 0.25) is 5.02 Å². The first kappa shape index (κ1) is 19.9. The van der Waals surface area contributed by atoms with E-state index in [0.29, 0.717) is 16.4 Å². The van der Waals surface area contributed by atoms with E-state index in [1.807, 2.05) is 0 Å². The molecule has 0 aromatic heterocycles. The third-order valence-electron chi connectivity index (χ3n) is 3.82. The van der Waals surface area contributed by atoms with Crippen molar-refractivity contribution in [3.8, 4) is 0 Å². The number of carbonyl (C=O) groups is 1. The van der Waals surface area contributed by atoms with E-state index < -0.39 is 15.8 Å². The summed E-state index contributed by atoms with van der Waals surface area (Å²) < 4.78 is 39.9. The molecular weight excluding hydrogens is 403 g/mol. The van der Waals surface area contributed by atoms with Crippen molar-refractivity contribution < 1.29 is 17.6 Å². The monoisotopic (exact) mass is 418 g/mol. The van der Waals surface area contributed by atoms with Crippen LogP contribution in [0.3, 0.4) is 0 Å². The smallest absolute Gasteiger partial charge is 0.261 e. The number of hydrogen-bond acceptors (Lipinski definition) is 3. The molecule has 0 heterocycles. The number of sulfonamides is 1. The maximum Gasteiger partial charge on any atom is 0.261 e. The summed E-state index contributed by atoms with van der Waals surface area (Å²) in [5.74, 6) is -0.723. The molecule has 28 heavy (non-hydrogen) atoms. The molecule has 2 N–H and O–H groups in total. The molecule has 0 aliphatic heterocycles. The van der Waals surface area contributed by atoms with Crippen molar-refractivity contribution in [1.82, 2.24) is 0 Å². The molecule has 0 aliphatic carbocycles. The summed E-state index contributed by atoms with van der Waals surface area (Å²) >= 11 is 5.82. The largest absolute Gasteiger partial charge is 0.326 e. The van der Waals surface area contributed by atoms with Crippen molar-refractivity contribution in [3.63, 3.8) is 0 Å². The Bertz CT molecular complexity index is 1070. The summed E-state index contributed by atoms with van der Waals surface area (Å²) in [5.41, 5.74) is 1.68. The zero-order valence-electron chi connectivity index (χ0n) is 14.5. The number of rotatable bonds is 6. The third kappa shape index (κ3) is 5.31. The molecule has 3 aromatic rings. The topological polar surface area (TPSA) is 75.3 Å². The van der Waals surface area contributed by atoms with Crippen molar-refractivity contribution in [2.75, 3.05) is 10.0 Å². The molecule has 0 saturated carbocycles. The van der Waals surface area contributed by atoms with Crippen molar-refractivity contribution in [2.24, 2.45) is 0 Å². The van der Waals surface area contributed by atoms with Gasteiger partial charge < -0.3 is 5.32 Å². The molecule has 0 fully saturated rings. The molecular formula is C20H16ClFN2O3S. The molecule has 5 nitrogen and oxygen atoms in total. The first-order chi connectivity index (χ1) is 13.3. The Morgan fingerprint density at radius 2 is 1.43 bits per heavy atom. The van der Waals surface area contributed by atoms with E-state index in [1.54, 1.807) is 36.4 Å². The van der Waals surface area contributed by atoms with Gasteiger partial charge in [-0.05, 0) is 66.2 Å². The number of carbonyl (C=O) groups excluding carboxylic acids is 1. The number of benzene rings is 3. The second-order valence-electron chi connectivity index (χ2n) is 5.99. The van der Waals surface area contributed by atoms with E-state index >= 15 is 0 Å². The molecule has 3 rings (SSSR count). The van der Waals surface area contributed by atoms with E-state index in [-0.39, 0.29) is 17.2 Å². The molecule has 0 spiro atoms. The predicted octanol–water partition coefficient (Wildman–Crippen LogP) is 4.46. The quantitative estimate of drug-likeness (QED) is 0.620. The Labute approximate surface area is 167 Å². The molecule has 0 radical (unpaired) electrons. The van der Waals surface area contributed by atoms with Gasteiger partial charge in [0.1, 0.15) is 5.82 Å². The van der Waals surface area contributed by atoms with Gasteiger partial charge in [-0.25, -0.2) is 12.8 Å². The maximum absolute atomic E-state index is 13.0. The average molecular weight is 419 g/mol. The summed E-state index contributed by atoms with van der Waals surface area (Å²) in [6.07, 6.45) is 0.191. The van der Waals surface area contributed by atoms with Gasteiger partial charge in [0.05, 0.1) is 11.3 Å². The zero-order valence-corrected chi connectivity index (χ0v) is 16.1. The van der Waals surface area contributed by atoms with Crippen LogP contribution >= 0.6 is 11.6 Å². The van der Waals surface area contributed by atoms with Gasteiger partial charge in [0.2, 0.25) is 5.91 Å². The van der Waals surface area contributed by atoms with Gasteiger partial charge in [-0.2, -0.15) is 0 Å². The summed E-state index contributed by atoms with van der Waals surface area (Å²) in [7, 11) is -3.83. The van der Waals surface area contributed by atoms with Crippen molar-refractivity contribution in [3.05, 3.63) is 89.2 Å². The van der Waals surface area contributed by atoms with E-state index in [1.165, 1.54) is 24.3 Å². The number of amides is 1. The minimum Gasteiger partial charge on any atom is -0.326 e. The Balaban J connectivity index is 1.62. The van der Waals surface area contributed by atoms with Crippen LogP contribution in [0.4, 0.5) is 15.8 Å². The number of nitrogens with one attached hydrogen (secondary N) is 2. The molecule has 3 aromatic carbocycles. The fourth-order valence-corrected chi connectivity index (χ4v) is 3.63. The van der Waals surface area contributed by atoms with Crippen molar-refractivity contribution in [1.29, 1.82) is 0 Å². The second-order valence-corrected chi connectivity index (χ2v) is 8.11. The number of hydrogen-bond donors (Lipinski definition) is 2. The van der Waals surface area contributed by atoms with Crippen LogP contribution < -0.4 is 10.0 Å². The van der Waals surface area contributed by atoms with Gasteiger partial charge in [0, 0.05) is 16.4 Å². The Hall–Kier alpha value is -2.90. The number of anilines is 2. The lowest BCUT2D eigenvalue weighted by Gasteiger charge is -2.10. The lowest BCUT2D eigenvalue weighted by atomic mass is 10.1. The second kappa shape index (κ2) is 8.41. The highest BCUT2D eigenvalue weighted by Crippen LogP contribution is 2.19. The molecule has 8 heteroatoms. The van der Waals surface area contributed by atoms with Gasteiger partial charge in [0.15, 0.2) is 0 Å². The van der Waals surface area contributed by atoms with Gasteiger partial charge in [-0.15, -0.1) is 0 Å². The third-order valence-corrected chi connectivity index (χ3v) is 5.47.